The van der Waals surface area contributed by atoms with Crippen LogP contribution in [0.4, 0.5) is 13.2 Å². The molecule has 0 atom stereocenters. The van der Waals surface area contributed by atoms with E-state index in [0.717, 1.165) is 27.8 Å². The van der Waals surface area contributed by atoms with Gasteiger partial charge in [-0.3, -0.25) is 9.59 Å². The summed E-state index contributed by atoms with van der Waals surface area (Å²) in [5.74, 6) is -0.0448. The highest BCUT2D eigenvalue weighted by Crippen LogP contribution is 2.30. The summed E-state index contributed by atoms with van der Waals surface area (Å²) in [6, 6.07) is 13.2. The molecule has 0 aliphatic rings. The minimum atomic E-state index is -4.53. The Hall–Kier alpha value is -3.95. The van der Waals surface area contributed by atoms with Crippen molar-refractivity contribution in [1.29, 1.82) is 0 Å². The number of aryl methyl sites for hydroxylation is 1. The number of alkyl halides is 3. The molecule has 10 heteroatoms. The number of nitrogens with one attached hydrogen (secondary N) is 2. The molecule has 2 heterocycles. The number of imidazole rings is 1. The van der Waals surface area contributed by atoms with E-state index in [2.05, 4.69) is 20.4 Å². The van der Waals surface area contributed by atoms with Crippen molar-refractivity contribution in [2.45, 2.75) is 19.5 Å². The molecule has 2 N–H and O–H groups in total. The van der Waals surface area contributed by atoms with E-state index in [-0.39, 0.29) is 12.2 Å². The van der Waals surface area contributed by atoms with E-state index < -0.39 is 28.8 Å². The number of hydrogen-bond acceptors (Lipinski definition) is 4. The third-order valence-electron chi connectivity index (χ3n) is 4.83. The molecule has 0 fully saturated rings. The van der Waals surface area contributed by atoms with Crippen LogP contribution >= 0.6 is 0 Å². The summed E-state index contributed by atoms with van der Waals surface area (Å²) < 4.78 is 40.3. The Labute approximate surface area is 179 Å². The summed E-state index contributed by atoms with van der Waals surface area (Å²) in [6.07, 6.45) is -4.13. The SMILES string of the molecule is Cc1cc(=O)c(C(=O)NCCc2nc3ccccc3[nH]2)nn1-c1cccc(C(F)(F)F)c1. The van der Waals surface area contributed by atoms with E-state index in [1.54, 1.807) is 0 Å². The standard InChI is InChI=1S/C22H18F3N5O2/c1-13-11-18(31)20(29-30(13)15-6-4-5-14(12-15)22(23,24)25)21(32)26-10-9-19-27-16-7-2-3-8-17(16)28-19/h2-8,11-12H,9-10H2,1H3,(H,26,32)(H,27,28). The monoisotopic (exact) mass is 441 g/mol. The highest BCUT2D eigenvalue weighted by atomic mass is 19.4. The molecule has 32 heavy (non-hydrogen) atoms. The van der Waals surface area contributed by atoms with Crippen molar-refractivity contribution in [3.05, 3.63) is 87.6 Å². The number of para-hydroxylation sites is 2. The molecule has 0 spiro atoms. The van der Waals surface area contributed by atoms with Crippen molar-refractivity contribution in [2.24, 2.45) is 0 Å². The lowest BCUT2D eigenvalue weighted by molar-refractivity contribution is -0.137. The van der Waals surface area contributed by atoms with E-state index in [1.807, 2.05) is 24.3 Å². The zero-order chi connectivity index (χ0) is 22.9. The van der Waals surface area contributed by atoms with Crippen LogP contribution in [0.3, 0.4) is 0 Å². The van der Waals surface area contributed by atoms with Gasteiger partial charge in [-0.25, -0.2) is 9.67 Å². The second kappa shape index (κ2) is 8.29. The maximum Gasteiger partial charge on any atom is 0.416 e. The molecule has 164 valence electrons. The molecule has 4 rings (SSSR count). The lowest BCUT2D eigenvalue weighted by Gasteiger charge is -2.13. The molecule has 0 aliphatic heterocycles. The third-order valence-corrected chi connectivity index (χ3v) is 4.83. The fourth-order valence-electron chi connectivity index (χ4n) is 3.28. The molecule has 7 nitrogen and oxygen atoms in total. The molecule has 2 aromatic heterocycles. The highest BCUT2D eigenvalue weighted by molar-refractivity contribution is 5.92. The van der Waals surface area contributed by atoms with E-state index in [1.165, 1.54) is 25.1 Å². The van der Waals surface area contributed by atoms with Gasteiger partial charge in [0.2, 0.25) is 5.43 Å². The van der Waals surface area contributed by atoms with Gasteiger partial charge in [0, 0.05) is 24.7 Å². The van der Waals surface area contributed by atoms with Crippen LogP contribution in [0.5, 0.6) is 0 Å². The molecule has 0 unspecified atom stereocenters. The Kier molecular flexibility index (Phi) is 5.52. The average molecular weight is 441 g/mol. The summed E-state index contributed by atoms with van der Waals surface area (Å²) >= 11 is 0. The topological polar surface area (TPSA) is 92.7 Å². The lowest BCUT2D eigenvalue weighted by Crippen LogP contribution is -2.33. The molecule has 0 saturated carbocycles. The number of rotatable bonds is 5. The maximum atomic E-state index is 13.1. The summed E-state index contributed by atoms with van der Waals surface area (Å²) in [5, 5.41) is 6.64. The number of nitrogens with zero attached hydrogens (tertiary/aromatic N) is 3. The van der Waals surface area contributed by atoms with E-state index in [0.29, 0.717) is 17.9 Å². The van der Waals surface area contributed by atoms with Crippen LogP contribution in [-0.2, 0) is 12.6 Å². The van der Waals surface area contributed by atoms with Crippen LogP contribution in [-0.4, -0.2) is 32.2 Å². The van der Waals surface area contributed by atoms with Crippen LogP contribution < -0.4 is 10.7 Å². The van der Waals surface area contributed by atoms with E-state index >= 15 is 0 Å². The number of carbonyl (C=O) groups excluding carboxylic acids is 1. The number of halogens is 3. The van der Waals surface area contributed by atoms with Crippen molar-refractivity contribution in [1.82, 2.24) is 25.1 Å². The first-order valence-corrected chi connectivity index (χ1v) is 9.73. The molecule has 0 bridgehead atoms. The van der Waals surface area contributed by atoms with E-state index in [4.69, 9.17) is 0 Å². The van der Waals surface area contributed by atoms with Gasteiger partial charge in [0.15, 0.2) is 5.69 Å². The number of aromatic amines is 1. The number of fused-ring (bicyclic) bond motifs is 1. The number of benzene rings is 2. The van der Waals surface area contributed by atoms with Crippen molar-refractivity contribution in [3.8, 4) is 5.69 Å². The normalized spacial score (nSPS) is 11.6. The second-order valence-electron chi connectivity index (χ2n) is 7.17. The van der Waals surface area contributed by atoms with Gasteiger partial charge >= 0.3 is 6.18 Å². The van der Waals surface area contributed by atoms with Crippen molar-refractivity contribution >= 4 is 16.9 Å². The van der Waals surface area contributed by atoms with Crippen LogP contribution in [0.15, 0.2) is 59.4 Å². The van der Waals surface area contributed by atoms with Gasteiger partial charge in [0.05, 0.1) is 22.3 Å². The van der Waals surface area contributed by atoms with Gasteiger partial charge in [0.1, 0.15) is 5.82 Å². The Morgan fingerprint density at radius 3 is 2.66 bits per heavy atom. The fourth-order valence-corrected chi connectivity index (χ4v) is 3.28. The predicted octanol–water partition coefficient (Wildman–Crippen LogP) is 3.41. The quantitative estimate of drug-likeness (QED) is 0.497. The maximum absolute atomic E-state index is 13.1. The molecule has 1 amide bonds. The second-order valence-corrected chi connectivity index (χ2v) is 7.17. The van der Waals surface area contributed by atoms with Gasteiger partial charge in [-0.05, 0) is 37.3 Å². The van der Waals surface area contributed by atoms with Gasteiger partial charge in [-0.1, -0.05) is 18.2 Å². The third kappa shape index (κ3) is 4.39. The summed E-state index contributed by atoms with van der Waals surface area (Å²) in [5.41, 5.74) is 0.189. The first-order valence-electron chi connectivity index (χ1n) is 9.73. The highest BCUT2D eigenvalue weighted by Gasteiger charge is 2.30. The molecular weight excluding hydrogens is 423 g/mol. The lowest BCUT2D eigenvalue weighted by atomic mass is 10.2. The Morgan fingerprint density at radius 1 is 1.12 bits per heavy atom. The molecule has 0 saturated heterocycles. The number of carbonyl (C=O) groups is 1. The fraction of sp³-hybridized carbons (Fsp3) is 0.182. The molecule has 4 aromatic rings. The zero-order valence-corrected chi connectivity index (χ0v) is 16.9. The molecular formula is C22H18F3N5O2. The summed E-state index contributed by atoms with van der Waals surface area (Å²) in [7, 11) is 0. The first kappa shape index (κ1) is 21.3. The summed E-state index contributed by atoms with van der Waals surface area (Å²) in [4.78, 5) is 32.4. The Morgan fingerprint density at radius 2 is 1.91 bits per heavy atom. The van der Waals surface area contributed by atoms with Gasteiger partial charge in [0.25, 0.3) is 5.91 Å². The minimum absolute atomic E-state index is 0.0913. The molecule has 0 radical (unpaired) electrons. The summed E-state index contributed by atoms with van der Waals surface area (Å²) in [6.45, 7) is 1.72. The van der Waals surface area contributed by atoms with Crippen LogP contribution in [0.1, 0.15) is 27.6 Å². The van der Waals surface area contributed by atoms with Crippen LogP contribution in [0.2, 0.25) is 0 Å². The van der Waals surface area contributed by atoms with Gasteiger partial charge in [-0.15, -0.1) is 0 Å². The van der Waals surface area contributed by atoms with Crippen molar-refractivity contribution in [3.63, 3.8) is 0 Å². The smallest absolute Gasteiger partial charge is 0.350 e. The van der Waals surface area contributed by atoms with E-state index in [9.17, 15) is 22.8 Å². The minimum Gasteiger partial charge on any atom is -0.350 e. The number of hydrogen-bond donors (Lipinski definition) is 2. The molecule has 0 aliphatic carbocycles. The predicted molar refractivity (Wildman–Crippen MR) is 112 cm³/mol. The Balaban J connectivity index is 1.53. The largest absolute Gasteiger partial charge is 0.416 e. The van der Waals surface area contributed by atoms with Crippen molar-refractivity contribution < 1.29 is 18.0 Å². The number of aromatic nitrogens is 4. The molecule has 2 aromatic carbocycles. The Bertz CT molecular complexity index is 1320. The van der Waals surface area contributed by atoms with Crippen molar-refractivity contribution in [2.75, 3.05) is 6.54 Å². The average Bonchev–Trinajstić information content (AvgIpc) is 3.16. The zero-order valence-electron chi connectivity index (χ0n) is 16.9. The van der Waals surface area contributed by atoms with Crippen LogP contribution in [0, 0.1) is 6.92 Å². The van der Waals surface area contributed by atoms with Gasteiger partial charge in [-0.2, -0.15) is 18.3 Å². The van der Waals surface area contributed by atoms with Crippen LogP contribution in [0.25, 0.3) is 16.7 Å². The number of H-pyrrole nitrogens is 1. The first-order chi connectivity index (χ1) is 15.2. The number of amides is 1. The van der Waals surface area contributed by atoms with Gasteiger partial charge < -0.3 is 10.3 Å².